The molecule has 0 unspecified atom stereocenters. The van der Waals surface area contributed by atoms with E-state index in [4.69, 9.17) is 9.47 Å². The smallest absolute Gasteiger partial charge is 0.324 e. The number of fused-ring (bicyclic) bond motifs is 1. The SMILES string of the molecule is CCCN1C(=O)N[C@@H](CC(=O)NCc2ccc3c(c2)OCCCO3)C1=O. The second-order valence-corrected chi connectivity index (χ2v) is 6.30. The maximum Gasteiger partial charge on any atom is 0.324 e. The number of nitrogens with zero attached hydrogens (tertiary/aromatic N) is 1. The van der Waals surface area contributed by atoms with Crippen molar-refractivity contribution in [2.75, 3.05) is 19.8 Å². The molecule has 0 saturated carbocycles. The summed E-state index contributed by atoms with van der Waals surface area (Å²) in [4.78, 5) is 37.2. The number of carbonyl (C=O) groups excluding carboxylic acids is 3. The molecule has 0 bridgehead atoms. The highest BCUT2D eigenvalue weighted by Crippen LogP contribution is 2.30. The van der Waals surface area contributed by atoms with Crippen LogP contribution in [0.5, 0.6) is 11.5 Å². The van der Waals surface area contributed by atoms with E-state index in [9.17, 15) is 14.4 Å². The van der Waals surface area contributed by atoms with Gasteiger partial charge in [0.15, 0.2) is 11.5 Å². The molecule has 1 saturated heterocycles. The third kappa shape index (κ3) is 4.07. The molecule has 8 nitrogen and oxygen atoms in total. The van der Waals surface area contributed by atoms with E-state index in [2.05, 4.69) is 10.6 Å². The van der Waals surface area contributed by atoms with Gasteiger partial charge in [0.1, 0.15) is 6.04 Å². The summed E-state index contributed by atoms with van der Waals surface area (Å²) < 4.78 is 11.2. The highest BCUT2D eigenvalue weighted by atomic mass is 16.5. The number of imide groups is 1. The number of amides is 4. The van der Waals surface area contributed by atoms with Crippen molar-refractivity contribution in [1.82, 2.24) is 15.5 Å². The molecule has 8 heteroatoms. The molecule has 3 rings (SSSR count). The van der Waals surface area contributed by atoms with Crippen molar-refractivity contribution in [3.8, 4) is 11.5 Å². The predicted molar refractivity (Wildman–Crippen MR) is 92.8 cm³/mol. The number of rotatable bonds is 6. The Morgan fingerprint density at radius 1 is 1.27 bits per heavy atom. The lowest BCUT2D eigenvalue weighted by Crippen LogP contribution is -2.36. The van der Waals surface area contributed by atoms with Crippen molar-refractivity contribution in [1.29, 1.82) is 0 Å². The Kier molecular flexibility index (Phi) is 5.60. The number of urea groups is 1. The van der Waals surface area contributed by atoms with Crippen molar-refractivity contribution < 1.29 is 23.9 Å². The Balaban J connectivity index is 1.52. The summed E-state index contributed by atoms with van der Waals surface area (Å²) in [5.74, 6) is 0.729. The predicted octanol–water partition coefficient (Wildman–Crippen LogP) is 1.18. The molecule has 1 atom stereocenters. The standard InChI is InChI=1S/C18H23N3O5/c1-2-6-21-17(23)13(20-18(21)24)10-16(22)19-11-12-4-5-14-15(9-12)26-8-3-7-25-14/h4-5,9,13H,2-3,6-8,10-11H2,1H3,(H,19,22)(H,20,24)/t13-/m0/s1. The first-order valence-corrected chi connectivity index (χ1v) is 8.85. The van der Waals surface area contributed by atoms with Gasteiger partial charge in [0, 0.05) is 19.5 Å². The van der Waals surface area contributed by atoms with Crippen molar-refractivity contribution >= 4 is 17.8 Å². The number of hydrogen-bond donors (Lipinski definition) is 2. The average molecular weight is 361 g/mol. The third-order valence-electron chi connectivity index (χ3n) is 4.25. The van der Waals surface area contributed by atoms with Gasteiger partial charge in [-0.05, 0) is 24.1 Å². The summed E-state index contributed by atoms with van der Waals surface area (Å²) in [6.45, 7) is 3.78. The Hall–Kier alpha value is -2.77. The number of nitrogens with one attached hydrogen (secondary N) is 2. The third-order valence-corrected chi connectivity index (χ3v) is 4.25. The zero-order valence-electron chi connectivity index (χ0n) is 14.7. The molecule has 2 N–H and O–H groups in total. The minimum absolute atomic E-state index is 0.0741. The molecule has 0 aromatic heterocycles. The fraction of sp³-hybridized carbons (Fsp3) is 0.500. The first-order valence-electron chi connectivity index (χ1n) is 8.85. The molecule has 2 heterocycles. The van der Waals surface area contributed by atoms with Crippen molar-refractivity contribution in [2.24, 2.45) is 0 Å². The van der Waals surface area contributed by atoms with Crippen molar-refractivity contribution in [3.05, 3.63) is 23.8 Å². The first-order chi connectivity index (χ1) is 12.6. The van der Waals surface area contributed by atoms with E-state index < -0.39 is 12.1 Å². The van der Waals surface area contributed by atoms with Crippen LogP contribution in [-0.4, -0.2) is 48.5 Å². The minimum Gasteiger partial charge on any atom is -0.490 e. The monoisotopic (exact) mass is 361 g/mol. The van der Waals surface area contributed by atoms with Gasteiger partial charge in [0.25, 0.3) is 5.91 Å². The van der Waals surface area contributed by atoms with Gasteiger partial charge in [-0.25, -0.2) is 4.79 Å². The van der Waals surface area contributed by atoms with Gasteiger partial charge in [-0.3, -0.25) is 14.5 Å². The van der Waals surface area contributed by atoms with Gasteiger partial charge < -0.3 is 20.1 Å². The van der Waals surface area contributed by atoms with Crippen LogP contribution in [0.2, 0.25) is 0 Å². The van der Waals surface area contributed by atoms with E-state index in [0.717, 1.165) is 16.9 Å². The van der Waals surface area contributed by atoms with Crippen LogP contribution in [0.1, 0.15) is 31.7 Å². The van der Waals surface area contributed by atoms with Gasteiger partial charge in [-0.15, -0.1) is 0 Å². The maximum absolute atomic E-state index is 12.1. The fourth-order valence-corrected chi connectivity index (χ4v) is 2.93. The molecular formula is C18H23N3O5. The molecule has 140 valence electrons. The Bertz CT molecular complexity index is 706. The summed E-state index contributed by atoms with van der Waals surface area (Å²) >= 11 is 0. The van der Waals surface area contributed by atoms with Crippen LogP contribution >= 0.6 is 0 Å². The largest absolute Gasteiger partial charge is 0.490 e. The van der Waals surface area contributed by atoms with Gasteiger partial charge in [-0.2, -0.15) is 0 Å². The number of benzene rings is 1. The van der Waals surface area contributed by atoms with Gasteiger partial charge in [0.2, 0.25) is 5.91 Å². The lowest BCUT2D eigenvalue weighted by atomic mass is 10.1. The van der Waals surface area contributed by atoms with E-state index >= 15 is 0 Å². The van der Waals surface area contributed by atoms with E-state index in [-0.39, 0.29) is 18.2 Å². The molecule has 1 aromatic carbocycles. The number of ether oxygens (including phenoxy) is 2. The molecular weight excluding hydrogens is 338 g/mol. The average Bonchev–Trinajstić information content (AvgIpc) is 2.81. The molecule has 26 heavy (non-hydrogen) atoms. The fourth-order valence-electron chi connectivity index (χ4n) is 2.93. The molecule has 2 aliphatic heterocycles. The van der Waals surface area contributed by atoms with Gasteiger partial charge in [0.05, 0.1) is 19.6 Å². The van der Waals surface area contributed by atoms with Crippen molar-refractivity contribution in [2.45, 2.75) is 38.8 Å². The molecule has 0 radical (unpaired) electrons. The molecule has 0 spiro atoms. The van der Waals surface area contributed by atoms with E-state index in [1.807, 2.05) is 25.1 Å². The molecule has 0 aliphatic carbocycles. The van der Waals surface area contributed by atoms with E-state index in [0.29, 0.717) is 44.2 Å². The molecule has 1 fully saturated rings. The normalized spacial score (nSPS) is 19.1. The highest BCUT2D eigenvalue weighted by molar-refractivity contribution is 6.05. The van der Waals surface area contributed by atoms with Crippen LogP contribution < -0.4 is 20.1 Å². The zero-order valence-corrected chi connectivity index (χ0v) is 14.7. The van der Waals surface area contributed by atoms with Crippen LogP contribution in [-0.2, 0) is 16.1 Å². The van der Waals surface area contributed by atoms with Crippen LogP contribution in [0.4, 0.5) is 4.79 Å². The minimum atomic E-state index is -0.794. The lowest BCUT2D eigenvalue weighted by Gasteiger charge is -2.12. The van der Waals surface area contributed by atoms with Crippen molar-refractivity contribution in [3.63, 3.8) is 0 Å². The summed E-state index contributed by atoms with van der Waals surface area (Å²) in [6, 6.07) is 4.30. The van der Waals surface area contributed by atoms with Gasteiger partial charge >= 0.3 is 6.03 Å². The highest BCUT2D eigenvalue weighted by Gasteiger charge is 2.38. The van der Waals surface area contributed by atoms with Crippen LogP contribution in [0, 0.1) is 0 Å². The summed E-state index contributed by atoms with van der Waals surface area (Å²) in [6.07, 6.45) is 1.44. The molecule has 4 amide bonds. The van der Waals surface area contributed by atoms with Gasteiger partial charge in [-0.1, -0.05) is 13.0 Å². The lowest BCUT2D eigenvalue weighted by molar-refractivity contribution is -0.130. The Labute approximate surface area is 151 Å². The Morgan fingerprint density at radius 2 is 2.04 bits per heavy atom. The number of carbonyl (C=O) groups is 3. The number of hydrogen-bond acceptors (Lipinski definition) is 5. The van der Waals surface area contributed by atoms with Crippen LogP contribution in [0.15, 0.2) is 18.2 Å². The summed E-state index contributed by atoms with van der Waals surface area (Å²) in [5, 5.41) is 5.33. The van der Waals surface area contributed by atoms with E-state index in [1.54, 1.807) is 0 Å². The topological polar surface area (TPSA) is 97.0 Å². The van der Waals surface area contributed by atoms with E-state index in [1.165, 1.54) is 0 Å². The second kappa shape index (κ2) is 8.07. The Morgan fingerprint density at radius 3 is 2.81 bits per heavy atom. The molecule has 1 aromatic rings. The quantitative estimate of drug-likeness (QED) is 0.742. The zero-order chi connectivity index (χ0) is 18.5. The maximum atomic E-state index is 12.1. The first kappa shape index (κ1) is 18.0. The summed E-state index contributed by atoms with van der Waals surface area (Å²) in [5.41, 5.74) is 0.872. The summed E-state index contributed by atoms with van der Waals surface area (Å²) in [7, 11) is 0. The second-order valence-electron chi connectivity index (χ2n) is 6.30. The molecule has 2 aliphatic rings. The van der Waals surface area contributed by atoms with Crippen LogP contribution in [0.25, 0.3) is 0 Å². The van der Waals surface area contributed by atoms with Crippen LogP contribution in [0.3, 0.4) is 0 Å².